The van der Waals surface area contributed by atoms with E-state index in [2.05, 4.69) is 3.53 Å². The van der Waals surface area contributed by atoms with Crippen molar-refractivity contribution in [2.45, 2.75) is 20.0 Å². The van der Waals surface area contributed by atoms with Gasteiger partial charge < -0.3 is 5.11 Å². The first-order valence-electron chi connectivity index (χ1n) is 2.70. The number of hydrogen-bond donors (Lipinski definition) is 2. The lowest BCUT2D eigenvalue weighted by molar-refractivity contribution is 0.131. The molecule has 0 aromatic heterocycles. The summed E-state index contributed by atoms with van der Waals surface area (Å²) in [6.45, 7) is 4.68. The van der Waals surface area contributed by atoms with Gasteiger partial charge in [0.1, 0.15) is 0 Å². The first-order chi connectivity index (χ1) is 3.68. The molecule has 0 aliphatic heterocycles. The third-order valence-electron chi connectivity index (χ3n) is 1.06. The second-order valence-electron chi connectivity index (χ2n) is 2.15. The normalized spacial score (nSPS) is 14.6. The van der Waals surface area contributed by atoms with Crippen molar-refractivity contribution in [3.05, 3.63) is 0 Å². The Morgan fingerprint density at radius 1 is 1.62 bits per heavy atom. The minimum absolute atomic E-state index is 0.202. The van der Waals surface area contributed by atoms with Crippen molar-refractivity contribution >= 4 is 22.9 Å². The first kappa shape index (κ1) is 8.65. The Morgan fingerprint density at radius 2 is 2.12 bits per heavy atom. The highest BCUT2D eigenvalue weighted by Crippen LogP contribution is 1.98. The molecule has 0 spiro atoms. The Balaban J connectivity index is 3.17. The molecule has 0 bridgehead atoms. The lowest BCUT2D eigenvalue weighted by Gasteiger charge is -2.11. The van der Waals surface area contributed by atoms with Gasteiger partial charge in [-0.05, 0) is 5.92 Å². The summed E-state index contributed by atoms with van der Waals surface area (Å²) in [5.41, 5.74) is 0. The van der Waals surface area contributed by atoms with Crippen LogP contribution in [0, 0.1) is 5.92 Å². The molecule has 0 radical (unpaired) electrons. The van der Waals surface area contributed by atoms with Crippen molar-refractivity contribution in [3.63, 3.8) is 0 Å². The van der Waals surface area contributed by atoms with E-state index in [1.54, 1.807) is 0 Å². The quantitative estimate of drug-likeness (QED) is 0.557. The van der Waals surface area contributed by atoms with Crippen molar-refractivity contribution in [1.82, 2.24) is 3.53 Å². The molecule has 0 saturated carbocycles. The van der Waals surface area contributed by atoms with Gasteiger partial charge >= 0.3 is 0 Å². The van der Waals surface area contributed by atoms with Crippen LogP contribution in [0.15, 0.2) is 0 Å². The monoisotopic (exact) mass is 229 g/mol. The average molecular weight is 229 g/mol. The molecule has 0 heterocycles. The largest absolute Gasteiger partial charge is 0.392 e. The summed E-state index contributed by atoms with van der Waals surface area (Å²) in [5.74, 6) is 0.359. The van der Waals surface area contributed by atoms with Crippen LogP contribution in [0.1, 0.15) is 13.8 Å². The first-order valence-corrected chi connectivity index (χ1v) is 3.78. The maximum absolute atomic E-state index is 9.06. The molecule has 0 amide bonds. The Morgan fingerprint density at radius 3 is 2.25 bits per heavy atom. The molecule has 0 saturated heterocycles. The Labute approximate surface area is 64.2 Å². The Kier molecular flexibility index (Phi) is 4.89. The highest BCUT2D eigenvalue weighted by atomic mass is 127. The zero-order chi connectivity index (χ0) is 6.57. The van der Waals surface area contributed by atoms with E-state index in [0.717, 1.165) is 0 Å². The van der Waals surface area contributed by atoms with Crippen LogP contribution in [-0.4, -0.2) is 17.8 Å². The fourth-order valence-corrected chi connectivity index (χ4v) is 0.766. The molecule has 8 heavy (non-hydrogen) atoms. The van der Waals surface area contributed by atoms with E-state index in [9.17, 15) is 0 Å². The van der Waals surface area contributed by atoms with Crippen LogP contribution >= 0.6 is 22.9 Å². The van der Waals surface area contributed by atoms with E-state index in [4.69, 9.17) is 5.11 Å². The molecule has 0 rings (SSSR count). The fraction of sp³-hybridized carbons (Fsp3) is 1.00. The maximum Gasteiger partial charge on any atom is 0.0695 e. The van der Waals surface area contributed by atoms with Gasteiger partial charge in [0.25, 0.3) is 0 Å². The van der Waals surface area contributed by atoms with Gasteiger partial charge in [-0.15, -0.1) is 0 Å². The standard InChI is InChI=1S/C5H12INO/c1-4(2)5(8)3-7-6/h4-5,7-8H,3H2,1-2H3. The summed E-state index contributed by atoms with van der Waals surface area (Å²) in [5, 5.41) is 9.06. The van der Waals surface area contributed by atoms with E-state index in [1.165, 1.54) is 0 Å². The molecule has 2 nitrogen and oxygen atoms in total. The second kappa shape index (κ2) is 4.52. The van der Waals surface area contributed by atoms with Gasteiger partial charge in [0.05, 0.1) is 6.10 Å². The summed E-state index contributed by atoms with van der Waals surface area (Å²) >= 11 is 2.03. The van der Waals surface area contributed by atoms with Crippen LogP contribution in [0.4, 0.5) is 0 Å². The molecular weight excluding hydrogens is 217 g/mol. The van der Waals surface area contributed by atoms with Gasteiger partial charge in [-0.25, -0.2) is 0 Å². The molecule has 50 valence electrons. The molecule has 0 aliphatic carbocycles. The second-order valence-corrected chi connectivity index (χ2v) is 2.91. The summed E-state index contributed by atoms with van der Waals surface area (Å²) < 4.78 is 2.87. The third-order valence-corrected chi connectivity index (χ3v) is 1.50. The van der Waals surface area contributed by atoms with Crippen molar-refractivity contribution < 1.29 is 5.11 Å². The lowest BCUT2D eigenvalue weighted by Crippen LogP contribution is -2.24. The van der Waals surface area contributed by atoms with Crippen LogP contribution in [0.2, 0.25) is 0 Å². The molecule has 0 aromatic carbocycles. The predicted molar refractivity (Wildman–Crippen MR) is 42.9 cm³/mol. The average Bonchev–Trinajstić information content (AvgIpc) is 1.67. The van der Waals surface area contributed by atoms with Gasteiger partial charge in [0.2, 0.25) is 0 Å². The van der Waals surface area contributed by atoms with Crippen molar-refractivity contribution in [2.24, 2.45) is 5.92 Å². The minimum Gasteiger partial charge on any atom is -0.392 e. The van der Waals surface area contributed by atoms with E-state index >= 15 is 0 Å². The van der Waals surface area contributed by atoms with E-state index in [1.807, 2.05) is 36.7 Å². The highest BCUT2D eigenvalue weighted by molar-refractivity contribution is 14.1. The minimum atomic E-state index is -0.202. The van der Waals surface area contributed by atoms with Gasteiger partial charge in [-0.1, -0.05) is 13.8 Å². The summed E-state index contributed by atoms with van der Waals surface area (Å²) in [7, 11) is 0. The third kappa shape index (κ3) is 3.63. The Hall–Kier alpha value is 0.650. The van der Waals surface area contributed by atoms with Gasteiger partial charge in [-0.3, -0.25) is 3.53 Å². The molecular formula is C5H12INO. The molecule has 2 N–H and O–H groups in total. The molecule has 0 aliphatic rings. The van der Waals surface area contributed by atoms with Gasteiger partial charge in [-0.2, -0.15) is 0 Å². The van der Waals surface area contributed by atoms with E-state index in [0.29, 0.717) is 12.5 Å². The van der Waals surface area contributed by atoms with Crippen LogP contribution in [0.5, 0.6) is 0 Å². The van der Waals surface area contributed by atoms with Crippen LogP contribution < -0.4 is 3.53 Å². The van der Waals surface area contributed by atoms with Crippen LogP contribution in [-0.2, 0) is 0 Å². The molecule has 1 unspecified atom stereocenters. The zero-order valence-electron chi connectivity index (χ0n) is 5.19. The number of hydrogen-bond acceptors (Lipinski definition) is 2. The predicted octanol–water partition coefficient (Wildman–Crippen LogP) is 0.943. The number of nitrogens with one attached hydrogen (secondary N) is 1. The molecule has 3 heteroatoms. The van der Waals surface area contributed by atoms with Gasteiger partial charge in [0, 0.05) is 29.4 Å². The SMILES string of the molecule is CC(C)C(O)CNI. The number of rotatable bonds is 3. The van der Waals surface area contributed by atoms with Crippen molar-refractivity contribution in [1.29, 1.82) is 0 Å². The highest BCUT2D eigenvalue weighted by Gasteiger charge is 2.05. The Bertz CT molecular complexity index is 58.4. The van der Waals surface area contributed by atoms with Gasteiger partial charge in [0.15, 0.2) is 0 Å². The van der Waals surface area contributed by atoms with Crippen molar-refractivity contribution in [3.8, 4) is 0 Å². The smallest absolute Gasteiger partial charge is 0.0695 e. The van der Waals surface area contributed by atoms with Crippen LogP contribution in [0.25, 0.3) is 0 Å². The van der Waals surface area contributed by atoms with Crippen LogP contribution in [0.3, 0.4) is 0 Å². The molecule has 1 atom stereocenters. The fourth-order valence-electron chi connectivity index (χ4n) is 0.315. The zero-order valence-corrected chi connectivity index (χ0v) is 7.34. The molecule has 0 fully saturated rings. The topological polar surface area (TPSA) is 32.3 Å². The maximum atomic E-state index is 9.06. The number of aliphatic hydroxyl groups excluding tert-OH is 1. The number of aliphatic hydroxyl groups is 1. The number of halogens is 1. The van der Waals surface area contributed by atoms with Crippen molar-refractivity contribution in [2.75, 3.05) is 6.54 Å². The summed E-state index contributed by atoms with van der Waals surface area (Å²) in [4.78, 5) is 0. The molecule has 0 aromatic rings. The summed E-state index contributed by atoms with van der Waals surface area (Å²) in [6.07, 6.45) is -0.202. The van der Waals surface area contributed by atoms with E-state index in [-0.39, 0.29) is 6.10 Å². The lowest BCUT2D eigenvalue weighted by atomic mass is 10.1. The van der Waals surface area contributed by atoms with E-state index < -0.39 is 0 Å². The summed E-state index contributed by atoms with van der Waals surface area (Å²) in [6, 6.07) is 0.